The lowest BCUT2D eigenvalue weighted by atomic mass is 10.0. The van der Waals surface area contributed by atoms with Crippen LogP contribution in [0.5, 0.6) is 0 Å². The number of Topliss-reactive ketones (excluding diaryl/α,β-unsaturated/α-hetero) is 1. The lowest BCUT2D eigenvalue weighted by Crippen LogP contribution is -2.40. The molecule has 6 heteroatoms. The van der Waals surface area contributed by atoms with Gasteiger partial charge in [0.25, 0.3) is 0 Å². The number of halogens is 1. The van der Waals surface area contributed by atoms with E-state index in [2.05, 4.69) is 15.9 Å². The number of carbonyl (C=O) groups excluding carboxylic acids is 3. The molecule has 1 aromatic carbocycles. The second kappa shape index (κ2) is 6.76. The Kier molecular flexibility index (Phi) is 4.73. The van der Waals surface area contributed by atoms with Gasteiger partial charge in [0, 0.05) is 23.3 Å². The highest BCUT2D eigenvalue weighted by Crippen LogP contribution is 2.37. The van der Waals surface area contributed by atoms with Crippen molar-refractivity contribution in [1.29, 1.82) is 0 Å². The summed E-state index contributed by atoms with van der Waals surface area (Å²) in [4.78, 5) is 38.5. The standard InChI is InChI=1S/C17H14BrNO3S/c18-15(17(22)11-5-2-1-3-6-11)16(12-7-4-10-23-12)19-13(20)8-9-14(19)21/h1-7,10,15-16H,8-9H2/t15-,16-/m1/s1. The molecule has 23 heavy (non-hydrogen) atoms. The van der Waals surface area contributed by atoms with E-state index in [1.54, 1.807) is 24.3 Å². The number of alkyl halides is 1. The van der Waals surface area contributed by atoms with Gasteiger partial charge in [-0.1, -0.05) is 52.3 Å². The Balaban J connectivity index is 1.97. The van der Waals surface area contributed by atoms with E-state index < -0.39 is 10.9 Å². The molecule has 2 amide bonds. The highest BCUT2D eigenvalue weighted by atomic mass is 79.9. The van der Waals surface area contributed by atoms with Crippen LogP contribution in [0.15, 0.2) is 47.8 Å². The van der Waals surface area contributed by atoms with Gasteiger partial charge < -0.3 is 0 Å². The molecule has 0 bridgehead atoms. The van der Waals surface area contributed by atoms with Crippen LogP contribution in [-0.4, -0.2) is 27.3 Å². The molecule has 1 aliphatic heterocycles. The largest absolute Gasteiger partial charge is 0.293 e. The van der Waals surface area contributed by atoms with Crippen molar-refractivity contribution in [3.05, 3.63) is 58.3 Å². The van der Waals surface area contributed by atoms with Crippen LogP contribution in [0, 0.1) is 0 Å². The predicted octanol–water partition coefficient (Wildman–Crippen LogP) is 3.58. The first-order valence-electron chi connectivity index (χ1n) is 7.21. The smallest absolute Gasteiger partial charge is 0.230 e. The number of ketones is 1. The van der Waals surface area contributed by atoms with Crippen molar-refractivity contribution in [2.24, 2.45) is 0 Å². The number of amides is 2. The number of thiophene rings is 1. The molecular formula is C17H14BrNO3S. The molecule has 0 saturated carbocycles. The molecule has 2 atom stereocenters. The Labute approximate surface area is 146 Å². The third kappa shape index (κ3) is 3.14. The highest BCUT2D eigenvalue weighted by Gasteiger charge is 2.42. The maximum Gasteiger partial charge on any atom is 0.230 e. The lowest BCUT2D eigenvalue weighted by molar-refractivity contribution is -0.140. The fraction of sp³-hybridized carbons (Fsp3) is 0.235. The van der Waals surface area contributed by atoms with Crippen LogP contribution >= 0.6 is 27.3 Å². The van der Waals surface area contributed by atoms with Crippen LogP contribution in [0.4, 0.5) is 0 Å². The zero-order valence-corrected chi connectivity index (χ0v) is 14.5. The van der Waals surface area contributed by atoms with Crippen LogP contribution in [0.2, 0.25) is 0 Å². The number of benzene rings is 1. The fourth-order valence-corrected chi connectivity index (χ4v) is 4.48. The van der Waals surface area contributed by atoms with Gasteiger partial charge in [0.2, 0.25) is 11.8 Å². The van der Waals surface area contributed by atoms with Crippen LogP contribution in [0.25, 0.3) is 0 Å². The monoisotopic (exact) mass is 391 g/mol. The van der Waals surface area contributed by atoms with Crippen LogP contribution in [-0.2, 0) is 9.59 Å². The molecule has 0 aliphatic carbocycles. The molecule has 2 heterocycles. The van der Waals surface area contributed by atoms with E-state index in [0.29, 0.717) is 5.56 Å². The van der Waals surface area contributed by atoms with Crippen molar-refractivity contribution >= 4 is 44.9 Å². The van der Waals surface area contributed by atoms with Gasteiger partial charge >= 0.3 is 0 Å². The van der Waals surface area contributed by atoms with Crippen LogP contribution < -0.4 is 0 Å². The van der Waals surface area contributed by atoms with E-state index in [1.165, 1.54) is 16.2 Å². The van der Waals surface area contributed by atoms with Crippen LogP contribution in [0.3, 0.4) is 0 Å². The molecule has 1 aromatic heterocycles. The van der Waals surface area contributed by atoms with Gasteiger partial charge in [0.05, 0.1) is 6.04 Å². The van der Waals surface area contributed by atoms with Gasteiger partial charge in [-0.05, 0) is 11.4 Å². The number of hydrogen-bond acceptors (Lipinski definition) is 4. The Morgan fingerprint density at radius 1 is 1.04 bits per heavy atom. The lowest BCUT2D eigenvalue weighted by Gasteiger charge is -2.29. The number of carbonyl (C=O) groups is 3. The van der Waals surface area contributed by atoms with Gasteiger partial charge in [-0.15, -0.1) is 11.3 Å². The fourth-order valence-electron chi connectivity index (χ4n) is 2.67. The molecule has 0 unspecified atom stereocenters. The molecule has 1 saturated heterocycles. The number of likely N-dealkylation sites (tertiary alicyclic amines) is 1. The van der Waals surface area contributed by atoms with Crippen molar-refractivity contribution in [2.75, 3.05) is 0 Å². The first-order chi connectivity index (χ1) is 11.1. The summed E-state index contributed by atoms with van der Waals surface area (Å²) in [5.74, 6) is -0.589. The van der Waals surface area contributed by atoms with E-state index in [-0.39, 0.29) is 30.4 Å². The average molecular weight is 392 g/mol. The first-order valence-corrected chi connectivity index (χ1v) is 9.00. The molecular weight excluding hydrogens is 378 g/mol. The Hall–Kier alpha value is -1.79. The second-order valence-electron chi connectivity index (χ2n) is 5.25. The summed E-state index contributed by atoms with van der Waals surface area (Å²) in [6.45, 7) is 0. The molecule has 1 aliphatic rings. The van der Waals surface area contributed by atoms with Crippen molar-refractivity contribution in [2.45, 2.75) is 23.7 Å². The minimum atomic E-state index is -0.672. The molecule has 2 aromatic rings. The Bertz CT molecular complexity index is 714. The van der Waals surface area contributed by atoms with Crippen LogP contribution in [0.1, 0.15) is 34.1 Å². The summed E-state index contributed by atoms with van der Waals surface area (Å²) < 4.78 is 0. The summed E-state index contributed by atoms with van der Waals surface area (Å²) in [5, 5.41) is 1.88. The topological polar surface area (TPSA) is 54.5 Å². The van der Waals surface area contributed by atoms with Gasteiger partial charge in [-0.3, -0.25) is 19.3 Å². The maximum absolute atomic E-state index is 12.8. The molecule has 0 radical (unpaired) electrons. The number of hydrogen-bond donors (Lipinski definition) is 0. The zero-order valence-electron chi connectivity index (χ0n) is 12.1. The Morgan fingerprint density at radius 3 is 2.26 bits per heavy atom. The van der Waals surface area contributed by atoms with E-state index in [0.717, 1.165) is 4.88 Å². The van der Waals surface area contributed by atoms with E-state index in [9.17, 15) is 14.4 Å². The minimum Gasteiger partial charge on any atom is -0.293 e. The van der Waals surface area contributed by atoms with Crippen molar-refractivity contribution in [1.82, 2.24) is 4.90 Å². The normalized spacial score (nSPS) is 17.3. The van der Waals surface area contributed by atoms with Gasteiger partial charge in [0.1, 0.15) is 4.83 Å². The first kappa shape index (κ1) is 16.1. The second-order valence-corrected chi connectivity index (χ2v) is 7.22. The molecule has 3 rings (SSSR count). The van der Waals surface area contributed by atoms with Crippen molar-refractivity contribution in [3.8, 4) is 0 Å². The van der Waals surface area contributed by atoms with E-state index in [4.69, 9.17) is 0 Å². The molecule has 4 nitrogen and oxygen atoms in total. The zero-order chi connectivity index (χ0) is 16.4. The molecule has 0 N–H and O–H groups in total. The number of rotatable bonds is 5. The minimum absolute atomic E-state index is 0.142. The summed E-state index contributed by atoms with van der Waals surface area (Å²) in [6, 6.07) is 12.0. The third-order valence-electron chi connectivity index (χ3n) is 3.79. The number of imide groups is 1. The average Bonchev–Trinajstić information content (AvgIpc) is 3.20. The quantitative estimate of drug-likeness (QED) is 0.444. The molecule has 118 valence electrons. The van der Waals surface area contributed by atoms with Gasteiger partial charge in [-0.2, -0.15) is 0 Å². The Morgan fingerprint density at radius 2 is 1.70 bits per heavy atom. The number of nitrogens with zero attached hydrogens (tertiary/aromatic N) is 1. The SMILES string of the molecule is O=C(c1ccccc1)[C@H](Br)[C@@H](c1cccs1)N1C(=O)CCC1=O. The summed E-state index contributed by atoms with van der Waals surface area (Å²) in [7, 11) is 0. The van der Waals surface area contributed by atoms with Gasteiger partial charge in [0.15, 0.2) is 5.78 Å². The molecule has 0 spiro atoms. The summed E-state index contributed by atoms with van der Waals surface area (Å²) >= 11 is 4.88. The van der Waals surface area contributed by atoms with E-state index >= 15 is 0 Å². The van der Waals surface area contributed by atoms with Crippen molar-refractivity contribution in [3.63, 3.8) is 0 Å². The maximum atomic E-state index is 12.8. The molecule has 1 fully saturated rings. The van der Waals surface area contributed by atoms with E-state index in [1.807, 2.05) is 23.6 Å². The highest BCUT2D eigenvalue weighted by molar-refractivity contribution is 9.10. The third-order valence-corrected chi connectivity index (χ3v) is 5.65. The summed E-state index contributed by atoms with van der Waals surface area (Å²) in [6.07, 6.45) is 0.417. The summed E-state index contributed by atoms with van der Waals surface area (Å²) in [5.41, 5.74) is 0.551. The van der Waals surface area contributed by atoms with Crippen molar-refractivity contribution < 1.29 is 14.4 Å². The predicted molar refractivity (Wildman–Crippen MR) is 91.6 cm³/mol. The van der Waals surface area contributed by atoms with Gasteiger partial charge in [-0.25, -0.2) is 0 Å².